The zero-order valence-corrected chi connectivity index (χ0v) is 18.9. The van der Waals surface area contributed by atoms with Crippen LogP contribution >= 0.6 is 0 Å². The van der Waals surface area contributed by atoms with E-state index in [-0.39, 0.29) is 22.9 Å². The SMILES string of the molecule is O=S(=O)(Nc1ccccc1N1CCCCC1)c1ccc(S(=O)(=O)N2CCOCC2)cc1. The number of ether oxygens (including phenoxy) is 1. The molecule has 10 heteroatoms. The molecule has 0 atom stereocenters. The number of para-hydroxylation sites is 2. The Kier molecular flexibility index (Phi) is 6.52. The quantitative estimate of drug-likeness (QED) is 0.704. The van der Waals surface area contributed by atoms with Gasteiger partial charge < -0.3 is 9.64 Å². The van der Waals surface area contributed by atoms with Crippen LogP contribution in [-0.2, 0) is 24.8 Å². The zero-order valence-electron chi connectivity index (χ0n) is 17.2. The fourth-order valence-electron chi connectivity index (χ4n) is 3.90. The van der Waals surface area contributed by atoms with Crippen LogP contribution in [0, 0.1) is 0 Å². The Morgan fingerprint density at radius 2 is 1.35 bits per heavy atom. The van der Waals surface area contributed by atoms with Gasteiger partial charge in [0.25, 0.3) is 10.0 Å². The van der Waals surface area contributed by atoms with E-state index in [0.29, 0.717) is 18.9 Å². The lowest BCUT2D eigenvalue weighted by molar-refractivity contribution is 0.0730. The summed E-state index contributed by atoms with van der Waals surface area (Å²) in [5.41, 5.74) is 1.38. The molecular formula is C21H27N3O5S2. The third-order valence-corrected chi connectivity index (χ3v) is 8.88. The van der Waals surface area contributed by atoms with E-state index in [1.807, 2.05) is 12.1 Å². The van der Waals surface area contributed by atoms with Crippen LogP contribution in [-0.4, -0.2) is 60.5 Å². The average molecular weight is 466 g/mol. The third kappa shape index (κ3) is 4.87. The van der Waals surface area contributed by atoms with Crippen molar-refractivity contribution in [2.24, 2.45) is 0 Å². The van der Waals surface area contributed by atoms with Gasteiger partial charge in [-0.3, -0.25) is 4.72 Å². The molecule has 0 bridgehead atoms. The largest absolute Gasteiger partial charge is 0.379 e. The highest BCUT2D eigenvalue weighted by Crippen LogP contribution is 2.30. The smallest absolute Gasteiger partial charge is 0.261 e. The standard InChI is InChI=1S/C21H27N3O5S2/c25-30(26,22-20-6-2-3-7-21(20)23-12-4-1-5-13-23)18-8-10-19(11-9-18)31(27,28)24-14-16-29-17-15-24/h2-3,6-11,22H,1,4-5,12-17H2. The number of hydrogen-bond donors (Lipinski definition) is 1. The predicted octanol–water partition coefficient (Wildman–Crippen LogP) is 2.50. The Morgan fingerprint density at radius 1 is 0.742 bits per heavy atom. The maximum absolute atomic E-state index is 13.0. The maximum atomic E-state index is 13.0. The second kappa shape index (κ2) is 9.15. The first kappa shape index (κ1) is 22.1. The van der Waals surface area contributed by atoms with Crippen LogP contribution in [0.4, 0.5) is 11.4 Å². The van der Waals surface area contributed by atoms with Gasteiger partial charge in [-0.25, -0.2) is 16.8 Å². The molecule has 2 saturated heterocycles. The van der Waals surface area contributed by atoms with Gasteiger partial charge >= 0.3 is 0 Å². The normalized spacial score (nSPS) is 18.6. The first-order valence-corrected chi connectivity index (χ1v) is 13.3. The number of anilines is 2. The van der Waals surface area contributed by atoms with Gasteiger partial charge in [-0.15, -0.1) is 0 Å². The van der Waals surface area contributed by atoms with Crippen LogP contribution in [0.25, 0.3) is 0 Å². The van der Waals surface area contributed by atoms with E-state index >= 15 is 0 Å². The summed E-state index contributed by atoms with van der Waals surface area (Å²) in [6, 6.07) is 12.7. The van der Waals surface area contributed by atoms with Crippen LogP contribution in [0.2, 0.25) is 0 Å². The lowest BCUT2D eigenvalue weighted by Gasteiger charge is -2.30. The van der Waals surface area contributed by atoms with E-state index in [9.17, 15) is 16.8 Å². The van der Waals surface area contributed by atoms with Gasteiger partial charge in [0.15, 0.2) is 0 Å². The van der Waals surface area contributed by atoms with E-state index in [1.165, 1.54) is 35.0 Å². The number of sulfonamides is 2. The molecule has 0 aromatic heterocycles. The van der Waals surface area contributed by atoms with Crippen LogP contribution in [0.3, 0.4) is 0 Å². The van der Waals surface area contributed by atoms with Gasteiger partial charge in [0, 0.05) is 26.2 Å². The highest BCUT2D eigenvalue weighted by molar-refractivity contribution is 7.92. The van der Waals surface area contributed by atoms with E-state index < -0.39 is 20.0 Å². The van der Waals surface area contributed by atoms with Gasteiger partial charge in [-0.2, -0.15) is 4.31 Å². The highest BCUT2D eigenvalue weighted by atomic mass is 32.2. The first-order chi connectivity index (χ1) is 14.9. The fourth-order valence-corrected chi connectivity index (χ4v) is 6.38. The van der Waals surface area contributed by atoms with Crippen molar-refractivity contribution in [3.8, 4) is 0 Å². The summed E-state index contributed by atoms with van der Waals surface area (Å²) in [6.07, 6.45) is 3.35. The monoisotopic (exact) mass is 465 g/mol. The number of nitrogens with one attached hydrogen (secondary N) is 1. The molecular weight excluding hydrogens is 438 g/mol. The molecule has 168 valence electrons. The van der Waals surface area contributed by atoms with E-state index in [1.54, 1.807) is 12.1 Å². The number of rotatable bonds is 6. The van der Waals surface area contributed by atoms with Crippen molar-refractivity contribution in [1.29, 1.82) is 0 Å². The first-order valence-electron chi connectivity index (χ1n) is 10.4. The predicted molar refractivity (Wildman–Crippen MR) is 119 cm³/mol. The van der Waals surface area contributed by atoms with Crippen LogP contribution < -0.4 is 9.62 Å². The minimum absolute atomic E-state index is 0.0156. The summed E-state index contributed by atoms with van der Waals surface area (Å²) in [5.74, 6) is 0. The number of benzene rings is 2. The summed E-state index contributed by atoms with van der Waals surface area (Å²) >= 11 is 0. The molecule has 2 aliphatic rings. The second-order valence-corrected chi connectivity index (χ2v) is 11.3. The molecule has 4 rings (SSSR count). The van der Waals surface area contributed by atoms with Crippen LogP contribution in [0.15, 0.2) is 58.3 Å². The molecule has 2 aliphatic heterocycles. The molecule has 2 heterocycles. The van der Waals surface area contributed by atoms with Crippen LogP contribution in [0.1, 0.15) is 19.3 Å². The molecule has 0 amide bonds. The Labute approximate surface area is 183 Å². The lowest BCUT2D eigenvalue weighted by atomic mass is 10.1. The fraction of sp³-hybridized carbons (Fsp3) is 0.429. The summed E-state index contributed by atoms with van der Waals surface area (Å²) in [6.45, 7) is 3.08. The summed E-state index contributed by atoms with van der Waals surface area (Å²) in [7, 11) is -7.54. The molecule has 0 unspecified atom stereocenters. The van der Waals surface area contributed by atoms with Gasteiger partial charge in [0.1, 0.15) is 0 Å². The van der Waals surface area contributed by atoms with Crippen molar-refractivity contribution < 1.29 is 21.6 Å². The Balaban J connectivity index is 1.55. The molecule has 0 saturated carbocycles. The molecule has 31 heavy (non-hydrogen) atoms. The van der Waals surface area contributed by atoms with Gasteiger partial charge in [0.2, 0.25) is 10.0 Å². The summed E-state index contributed by atoms with van der Waals surface area (Å²) < 4.78 is 60.7. The van der Waals surface area contributed by atoms with E-state index in [2.05, 4.69) is 9.62 Å². The molecule has 0 radical (unpaired) electrons. The third-order valence-electron chi connectivity index (χ3n) is 5.59. The minimum atomic E-state index is -3.87. The Morgan fingerprint density at radius 3 is 2.03 bits per heavy atom. The number of piperidine rings is 1. The zero-order chi connectivity index (χ0) is 21.9. The highest BCUT2D eigenvalue weighted by Gasteiger charge is 2.27. The van der Waals surface area contributed by atoms with Crippen molar-refractivity contribution >= 4 is 31.4 Å². The molecule has 0 spiro atoms. The molecule has 8 nitrogen and oxygen atoms in total. The summed E-state index contributed by atoms with van der Waals surface area (Å²) in [5, 5.41) is 0. The van der Waals surface area contributed by atoms with Crippen molar-refractivity contribution in [3.05, 3.63) is 48.5 Å². The van der Waals surface area contributed by atoms with Crippen molar-refractivity contribution in [3.63, 3.8) is 0 Å². The van der Waals surface area contributed by atoms with Gasteiger partial charge in [-0.05, 0) is 55.7 Å². The van der Waals surface area contributed by atoms with Crippen molar-refractivity contribution in [2.45, 2.75) is 29.1 Å². The molecule has 2 aromatic rings. The van der Waals surface area contributed by atoms with E-state index in [4.69, 9.17) is 4.74 Å². The Hall–Kier alpha value is -2.14. The number of hydrogen-bond acceptors (Lipinski definition) is 6. The molecule has 2 aromatic carbocycles. The summed E-state index contributed by atoms with van der Waals surface area (Å²) in [4.78, 5) is 2.28. The van der Waals surface area contributed by atoms with Gasteiger partial charge in [-0.1, -0.05) is 12.1 Å². The lowest BCUT2D eigenvalue weighted by Crippen LogP contribution is -2.40. The maximum Gasteiger partial charge on any atom is 0.261 e. The molecule has 2 fully saturated rings. The minimum Gasteiger partial charge on any atom is -0.379 e. The van der Waals surface area contributed by atoms with Gasteiger partial charge in [0.05, 0.1) is 34.4 Å². The number of nitrogens with zero attached hydrogens (tertiary/aromatic N) is 2. The average Bonchev–Trinajstić information content (AvgIpc) is 2.80. The van der Waals surface area contributed by atoms with Crippen molar-refractivity contribution in [1.82, 2.24) is 4.31 Å². The molecule has 1 N–H and O–H groups in total. The Bertz CT molecular complexity index is 1110. The topological polar surface area (TPSA) is 96.0 Å². The van der Waals surface area contributed by atoms with Crippen LogP contribution in [0.5, 0.6) is 0 Å². The number of morpholine rings is 1. The second-order valence-electron chi connectivity index (χ2n) is 7.66. The van der Waals surface area contributed by atoms with E-state index in [0.717, 1.165) is 31.6 Å². The molecule has 0 aliphatic carbocycles. The van der Waals surface area contributed by atoms with Crippen molar-refractivity contribution in [2.75, 3.05) is 49.0 Å².